The Labute approximate surface area is 157 Å². The lowest BCUT2D eigenvalue weighted by Gasteiger charge is -2.26. The normalized spacial score (nSPS) is 16.2. The maximum Gasteiger partial charge on any atom is 0.225 e. The molecule has 0 fully saturated rings. The average molecular weight is 373 g/mol. The average Bonchev–Trinajstić information content (AvgIpc) is 3.10. The van der Waals surface area contributed by atoms with Crippen molar-refractivity contribution in [2.45, 2.75) is 45.4 Å². The summed E-state index contributed by atoms with van der Waals surface area (Å²) in [5, 5.41) is 8.75. The summed E-state index contributed by atoms with van der Waals surface area (Å²) >= 11 is 1.57. The largest absolute Gasteiger partial charge is 0.494 e. The molecule has 1 aliphatic rings. The van der Waals surface area contributed by atoms with Crippen molar-refractivity contribution in [3.8, 4) is 5.75 Å². The van der Waals surface area contributed by atoms with E-state index in [9.17, 15) is 9.59 Å². The summed E-state index contributed by atoms with van der Waals surface area (Å²) in [6.45, 7) is 6.00. The topological polar surface area (TPSA) is 80.3 Å². The second-order valence-corrected chi connectivity index (χ2v) is 7.50. The Hall–Kier alpha value is -2.41. The van der Waals surface area contributed by atoms with Gasteiger partial charge in [0.25, 0.3) is 0 Å². The van der Waals surface area contributed by atoms with Crippen LogP contribution in [0.3, 0.4) is 0 Å². The molecule has 0 bridgehead atoms. The number of nitrogens with one attached hydrogen (secondary N) is 2. The van der Waals surface area contributed by atoms with Gasteiger partial charge in [0.15, 0.2) is 0 Å². The molecule has 2 heterocycles. The van der Waals surface area contributed by atoms with E-state index >= 15 is 0 Å². The minimum absolute atomic E-state index is 0.0452. The Kier molecular flexibility index (Phi) is 5.27. The van der Waals surface area contributed by atoms with Gasteiger partial charge in [-0.3, -0.25) is 9.59 Å². The number of methoxy groups -OCH3 is 1. The number of benzene rings is 1. The Morgan fingerprint density at radius 3 is 2.85 bits per heavy atom. The van der Waals surface area contributed by atoms with E-state index in [1.54, 1.807) is 31.4 Å². The van der Waals surface area contributed by atoms with Crippen molar-refractivity contribution in [3.05, 3.63) is 33.8 Å². The molecule has 1 unspecified atom stereocenters. The Morgan fingerprint density at radius 1 is 1.46 bits per heavy atom. The quantitative estimate of drug-likeness (QED) is 0.827. The minimum Gasteiger partial charge on any atom is -0.494 e. The van der Waals surface area contributed by atoms with Crippen molar-refractivity contribution in [3.63, 3.8) is 0 Å². The number of anilines is 2. The van der Waals surface area contributed by atoms with E-state index in [1.165, 1.54) is 0 Å². The van der Waals surface area contributed by atoms with Crippen molar-refractivity contribution in [1.82, 2.24) is 4.98 Å². The van der Waals surface area contributed by atoms with Crippen LogP contribution in [0.25, 0.3) is 0 Å². The van der Waals surface area contributed by atoms with Gasteiger partial charge in [-0.25, -0.2) is 4.98 Å². The molecule has 1 aromatic heterocycles. The van der Waals surface area contributed by atoms with Gasteiger partial charge in [0.1, 0.15) is 10.8 Å². The van der Waals surface area contributed by atoms with Gasteiger partial charge in [-0.1, -0.05) is 20.8 Å². The summed E-state index contributed by atoms with van der Waals surface area (Å²) in [7, 11) is 1.54. The van der Waals surface area contributed by atoms with Gasteiger partial charge >= 0.3 is 0 Å². The van der Waals surface area contributed by atoms with Crippen molar-refractivity contribution in [2.24, 2.45) is 0 Å². The third-order valence-corrected chi connectivity index (χ3v) is 5.41. The fourth-order valence-electron chi connectivity index (χ4n) is 2.94. The van der Waals surface area contributed by atoms with Gasteiger partial charge in [0.05, 0.1) is 18.5 Å². The number of thiazole rings is 1. The molecule has 0 saturated carbocycles. The van der Waals surface area contributed by atoms with Crippen LogP contribution in [0.4, 0.5) is 11.4 Å². The number of ether oxygens (including phenoxy) is 1. The van der Waals surface area contributed by atoms with Gasteiger partial charge in [-0.2, -0.15) is 0 Å². The molecule has 0 saturated heterocycles. The first-order valence-corrected chi connectivity index (χ1v) is 9.57. The summed E-state index contributed by atoms with van der Waals surface area (Å²) in [6.07, 6.45) is 0.718. The van der Waals surface area contributed by atoms with Crippen LogP contribution in [0.5, 0.6) is 5.75 Å². The predicted molar refractivity (Wildman–Crippen MR) is 103 cm³/mol. The summed E-state index contributed by atoms with van der Waals surface area (Å²) in [5.41, 5.74) is 3.30. The van der Waals surface area contributed by atoms with Crippen molar-refractivity contribution >= 4 is 34.5 Å². The summed E-state index contributed by atoms with van der Waals surface area (Å²) < 4.78 is 5.39. The fourth-order valence-corrected chi connectivity index (χ4v) is 4.04. The molecule has 2 amide bonds. The number of carbonyl (C=O) groups is 2. The van der Waals surface area contributed by atoms with Gasteiger partial charge in [-0.05, 0) is 17.5 Å². The van der Waals surface area contributed by atoms with E-state index in [4.69, 9.17) is 9.72 Å². The Morgan fingerprint density at radius 2 is 2.23 bits per heavy atom. The molecular weight excluding hydrogens is 350 g/mol. The van der Waals surface area contributed by atoms with E-state index in [1.807, 2.05) is 6.07 Å². The van der Waals surface area contributed by atoms with E-state index in [0.29, 0.717) is 35.9 Å². The van der Waals surface area contributed by atoms with Crippen LogP contribution in [0, 0.1) is 0 Å². The zero-order chi connectivity index (χ0) is 18.8. The minimum atomic E-state index is -0.126. The third kappa shape index (κ3) is 3.58. The number of fused-ring (bicyclic) bond motifs is 1. The summed E-state index contributed by atoms with van der Waals surface area (Å²) in [4.78, 5) is 28.8. The summed E-state index contributed by atoms with van der Waals surface area (Å²) in [6, 6.07) is 3.66. The monoisotopic (exact) mass is 373 g/mol. The standard InChI is InChI=1S/C19H23N3O3S/c1-5-17(23)21-14-6-11-12(19-22-15(9-26-19)10(2)3)7-18(24)20-13(11)8-16(14)25-4/h6,8-10,12H,5,7H2,1-4H3,(H,20,24)(H,21,23). The van der Waals surface area contributed by atoms with Crippen LogP contribution >= 0.6 is 11.3 Å². The molecule has 0 spiro atoms. The van der Waals surface area contributed by atoms with E-state index in [-0.39, 0.29) is 17.7 Å². The molecule has 7 heteroatoms. The molecule has 6 nitrogen and oxygen atoms in total. The first kappa shape index (κ1) is 18.4. The van der Waals surface area contributed by atoms with Crippen LogP contribution < -0.4 is 15.4 Å². The van der Waals surface area contributed by atoms with Crippen LogP contribution in [-0.2, 0) is 9.59 Å². The van der Waals surface area contributed by atoms with Crippen LogP contribution in [0.1, 0.15) is 61.7 Å². The highest BCUT2D eigenvalue weighted by Crippen LogP contribution is 2.43. The highest BCUT2D eigenvalue weighted by atomic mass is 32.1. The second kappa shape index (κ2) is 7.45. The molecule has 2 N–H and O–H groups in total. The van der Waals surface area contributed by atoms with Gasteiger partial charge in [0.2, 0.25) is 11.8 Å². The lowest BCUT2D eigenvalue weighted by Crippen LogP contribution is -2.24. The van der Waals surface area contributed by atoms with Crippen molar-refractivity contribution in [2.75, 3.05) is 17.7 Å². The first-order valence-electron chi connectivity index (χ1n) is 8.69. The molecular formula is C19H23N3O3S. The SMILES string of the molecule is CCC(=O)Nc1cc2c(cc1OC)NC(=O)CC2c1nc(C(C)C)cs1. The van der Waals surface area contributed by atoms with Crippen molar-refractivity contribution in [1.29, 1.82) is 0 Å². The van der Waals surface area contributed by atoms with Crippen molar-refractivity contribution < 1.29 is 14.3 Å². The van der Waals surface area contributed by atoms with Crippen LogP contribution in [0.15, 0.2) is 17.5 Å². The second-order valence-electron chi connectivity index (χ2n) is 6.61. The number of rotatable bonds is 5. The molecule has 1 aromatic carbocycles. The molecule has 26 heavy (non-hydrogen) atoms. The number of aromatic nitrogens is 1. The smallest absolute Gasteiger partial charge is 0.225 e. The number of amides is 2. The van der Waals surface area contributed by atoms with E-state index in [0.717, 1.165) is 16.3 Å². The highest BCUT2D eigenvalue weighted by Gasteiger charge is 2.30. The van der Waals surface area contributed by atoms with Gasteiger partial charge in [0, 0.05) is 35.9 Å². The maximum atomic E-state index is 12.2. The van der Waals surface area contributed by atoms with Gasteiger partial charge < -0.3 is 15.4 Å². The first-order chi connectivity index (χ1) is 12.4. The number of nitrogens with zero attached hydrogens (tertiary/aromatic N) is 1. The number of hydrogen-bond acceptors (Lipinski definition) is 5. The molecule has 1 atom stereocenters. The van der Waals surface area contributed by atoms with Crippen LogP contribution in [-0.4, -0.2) is 23.9 Å². The lowest BCUT2D eigenvalue weighted by molar-refractivity contribution is -0.117. The highest BCUT2D eigenvalue weighted by molar-refractivity contribution is 7.09. The zero-order valence-electron chi connectivity index (χ0n) is 15.4. The maximum absolute atomic E-state index is 12.2. The molecule has 0 radical (unpaired) electrons. The molecule has 0 aliphatic carbocycles. The third-order valence-electron chi connectivity index (χ3n) is 4.44. The number of carbonyl (C=O) groups excluding carboxylic acids is 2. The number of hydrogen-bond donors (Lipinski definition) is 2. The molecule has 2 aromatic rings. The van der Waals surface area contributed by atoms with Gasteiger partial charge in [-0.15, -0.1) is 11.3 Å². The molecule has 138 valence electrons. The zero-order valence-corrected chi connectivity index (χ0v) is 16.2. The fraction of sp³-hybridized carbons (Fsp3) is 0.421. The molecule has 1 aliphatic heterocycles. The Balaban J connectivity index is 2.06. The van der Waals surface area contributed by atoms with Crippen LogP contribution in [0.2, 0.25) is 0 Å². The summed E-state index contributed by atoms with van der Waals surface area (Å²) in [5.74, 6) is 0.604. The molecule has 3 rings (SSSR count). The Bertz CT molecular complexity index is 845. The van der Waals surface area contributed by atoms with E-state index in [2.05, 4.69) is 29.9 Å². The predicted octanol–water partition coefficient (Wildman–Crippen LogP) is 4.10. The lowest BCUT2D eigenvalue weighted by atomic mass is 9.90. The van der Waals surface area contributed by atoms with E-state index < -0.39 is 0 Å².